The van der Waals surface area contributed by atoms with E-state index in [1.165, 1.54) is 16.7 Å². The lowest BCUT2D eigenvalue weighted by Gasteiger charge is -2.11. The molecule has 0 aliphatic rings. The Bertz CT molecular complexity index is 971. The monoisotopic (exact) mass is 385 g/mol. The first-order valence-corrected chi connectivity index (χ1v) is 8.56. The largest absolute Gasteiger partial charge is 0.462 e. The molecule has 146 valence electrons. The van der Waals surface area contributed by atoms with Gasteiger partial charge in [0.05, 0.1) is 23.9 Å². The topological polar surface area (TPSA) is 101 Å². The lowest BCUT2D eigenvalue weighted by atomic mass is 9.98. The van der Waals surface area contributed by atoms with E-state index >= 15 is 0 Å². The van der Waals surface area contributed by atoms with Gasteiger partial charge in [-0.05, 0) is 50.6 Å². The summed E-state index contributed by atoms with van der Waals surface area (Å²) in [6, 6.07) is 6.64. The molecular formula is C20H20FN3O4. The molecule has 0 saturated carbocycles. The van der Waals surface area contributed by atoms with E-state index in [4.69, 9.17) is 4.74 Å². The van der Waals surface area contributed by atoms with Crippen LogP contribution in [0.3, 0.4) is 0 Å². The Kier molecular flexibility index (Phi) is 6.31. The van der Waals surface area contributed by atoms with Crippen molar-refractivity contribution in [3.05, 3.63) is 52.6 Å². The van der Waals surface area contributed by atoms with Crippen LogP contribution in [0.1, 0.15) is 39.0 Å². The third kappa shape index (κ3) is 3.93. The van der Waals surface area contributed by atoms with Gasteiger partial charge in [0.2, 0.25) is 11.7 Å². The summed E-state index contributed by atoms with van der Waals surface area (Å²) in [5.41, 5.74) is 1.42. The summed E-state index contributed by atoms with van der Waals surface area (Å²) >= 11 is 0. The number of amides is 1. The molecule has 1 N–H and O–H groups in total. The zero-order valence-electron chi connectivity index (χ0n) is 16.0. The third-order valence-corrected chi connectivity index (χ3v) is 4.41. The number of esters is 1. The number of nitrogens with zero attached hydrogens (tertiary/aromatic N) is 2. The molecule has 0 fully saturated rings. The zero-order chi connectivity index (χ0) is 21.0. The second-order valence-electron chi connectivity index (χ2n) is 6.14. The Morgan fingerprint density at radius 2 is 1.86 bits per heavy atom. The summed E-state index contributed by atoms with van der Waals surface area (Å²) in [5.74, 6) is -4.26. The number of ketones is 1. The molecule has 0 radical (unpaired) electrons. The second kappa shape index (κ2) is 8.48. The van der Waals surface area contributed by atoms with Crippen molar-refractivity contribution >= 4 is 23.3 Å². The van der Waals surface area contributed by atoms with Crippen molar-refractivity contribution in [1.29, 1.82) is 5.26 Å². The Morgan fingerprint density at radius 1 is 1.25 bits per heavy atom. The minimum absolute atomic E-state index is 0.0846. The van der Waals surface area contributed by atoms with E-state index in [2.05, 4.69) is 5.32 Å². The van der Waals surface area contributed by atoms with Crippen LogP contribution >= 0.6 is 0 Å². The van der Waals surface area contributed by atoms with E-state index in [-0.39, 0.29) is 23.6 Å². The maximum atomic E-state index is 13.0. The highest BCUT2D eigenvalue weighted by Gasteiger charge is 2.33. The van der Waals surface area contributed by atoms with Crippen LogP contribution in [0.25, 0.3) is 0 Å². The molecule has 2 aromatic rings. The number of carbonyl (C=O) groups is 3. The third-order valence-electron chi connectivity index (χ3n) is 4.41. The highest BCUT2D eigenvalue weighted by atomic mass is 19.1. The minimum Gasteiger partial charge on any atom is -0.462 e. The van der Waals surface area contributed by atoms with Crippen molar-refractivity contribution < 1.29 is 23.5 Å². The number of hydrogen-bond acceptors (Lipinski definition) is 5. The van der Waals surface area contributed by atoms with Gasteiger partial charge in [-0.15, -0.1) is 0 Å². The molecule has 1 aromatic heterocycles. The molecule has 7 nitrogen and oxygen atoms in total. The van der Waals surface area contributed by atoms with Crippen LogP contribution in [-0.2, 0) is 16.6 Å². The highest BCUT2D eigenvalue weighted by molar-refractivity contribution is 6.16. The average molecular weight is 385 g/mol. The lowest BCUT2D eigenvalue weighted by molar-refractivity contribution is -0.117. The van der Waals surface area contributed by atoms with Gasteiger partial charge in [0.1, 0.15) is 5.82 Å². The fourth-order valence-electron chi connectivity index (χ4n) is 2.95. The Balaban J connectivity index is 2.36. The van der Waals surface area contributed by atoms with Gasteiger partial charge in [0.25, 0.3) is 0 Å². The number of aromatic nitrogens is 1. The number of carbonyl (C=O) groups excluding carboxylic acids is 3. The molecule has 1 aromatic carbocycles. The number of anilines is 1. The molecule has 0 aliphatic carbocycles. The molecule has 0 bridgehead atoms. The number of halogens is 1. The lowest BCUT2D eigenvalue weighted by Crippen LogP contribution is -2.30. The van der Waals surface area contributed by atoms with E-state index in [0.29, 0.717) is 11.3 Å². The average Bonchev–Trinajstić information content (AvgIpc) is 2.86. The van der Waals surface area contributed by atoms with E-state index in [9.17, 15) is 24.0 Å². The predicted molar refractivity (Wildman–Crippen MR) is 99.3 cm³/mol. The summed E-state index contributed by atoms with van der Waals surface area (Å²) in [5, 5.41) is 11.8. The molecule has 28 heavy (non-hydrogen) atoms. The number of benzene rings is 1. The van der Waals surface area contributed by atoms with Crippen LogP contribution < -0.4 is 5.32 Å². The molecule has 1 unspecified atom stereocenters. The van der Waals surface area contributed by atoms with E-state index in [0.717, 1.165) is 12.1 Å². The number of hydrogen-bond donors (Lipinski definition) is 1. The molecule has 0 spiro atoms. The maximum Gasteiger partial charge on any atom is 0.340 e. The Morgan fingerprint density at radius 3 is 2.39 bits per heavy atom. The Labute approximate surface area is 161 Å². The van der Waals surface area contributed by atoms with Crippen molar-refractivity contribution in [1.82, 2.24) is 4.57 Å². The van der Waals surface area contributed by atoms with Crippen molar-refractivity contribution in [2.45, 2.75) is 20.8 Å². The van der Waals surface area contributed by atoms with E-state index in [1.54, 1.807) is 33.9 Å². The molecule has 0 saturated heterocycles. The smallest absolute Gasteiger partial charge is 0.340 e. The fraction of sp³-hybridized carbons (Fsp3) is 0.300. The first-order valence-electron chi connectivity index (χ1n) is 8.56. The van der Waals surface area contributed by atoms with Crippen molar-refractivity contribution in [2.24, 2.45) is 13.0 Å². The quantitative estimate of drug-likeness (QED) is 0.468. The van der Waals surface area contributed by atoms with Crippen LogP contribution in [-0.4, -0.2) is 28.8 Å². The number of ether oxygens (including phenoxy) is 1. The number of nitriles is 1. The summed E-state index contributed by atoms with van der Waals surface area (Å²) in [7, 11) is 1.57. The van der Waals surface area contributed by atoms with Gasteiger partial charge in [-0.3, -0.25) is 9.59 Å². The van der Waals surface area contributed by atoms with Gasteiger partial charge in [0, 0.05) is 18.4 Å². The van der Waals surface area contributed by atoms with Crippen LogP contribution in [0.15, 0.2) is 24.3 Å². The highest BCUT2D eigenvalue weighted by Crippen LogP contribution is 2.25. The summed E-state index contributed by atoms with van der Waals surface area (Å²) in [4.78, 5) is 37.6. The van der Waals surface area contributed by atoms with Gasteiger partial charge >= 0.3 is 5.97 Å². The standard InChI is InChI=1S/C20H20FN3O4/c1-5-28-20(27)16-11(2)17(24(4)12(16)3)18(25)15(10-22)19(26)23-14-8-6-13(21)7-9-14/h6-9,15H,5H2,1-4H3,(H,23,26). The van der Waals surface area contributed by atoms with Crippen LogP contribution in [0.4, 0.5) is 10.1 Å². The molecule has 1 amide bonds. The summed E-state index contributed by atoms with van der Waals surface area (Å²) in [6.07, 6.45) is 0. The van der Waals surface area contributed by atoms with E-state index in [1.807, 2.05) is 0 Å². The molecule has 1 heterocycles. The zero-order valence-corrected chi connectivity index (χ0v) is 16.0. The molecular weight excluding hydrogens is 365 g/mol. The second-order valence-corrected chi connectivity index (χ2v) is 6.14. The van der Waals surface area contributed by atoms with Crippen LogP contribution in [0.5, 0.6) is 0 Å². The molecule has 8 heteroatoms. The van der Waals surface area contributed by atoms with Crippen LogP contribution in [0, 0.1) is 36.9 Å². The van der Waals surface area contributed by atoms with Crippen molar-refractivity contribution in [3.63, 3.8) is 0 Å². The maximum absolute atomic E-state index is 13.0. The van der Waals surface area contributed by atoms with Gasteiger partial charge in [0.15, 0.2) is 5.92 Å². The first-order chi connectivity index (χ1) is 13.2. The van der Waals surface area contributed by atoms with Gasteiger partial charge < -0.3 is 14.6 Å². The normalized spacial score (nSPS) is 11.4. The first kappa shape index (κ1) is 20.8. The minimum atomic E-state index is -1.63. The molecule has 0 aliphatic heterocycles. The fourth-order valence-corrected chi connectivity index (χ4v) is 2.95. The summed E-state index contributed by atoms with van der Waals surface area (Å²) < 4.78 is 19.5. The van der Waals surface area contributed by atoms with E-state index < -0.39 is 29.4 Å². The predicted octanol–water partition coefficient (Wildman–Crippen LogP) is 2.92. The number of nitrogens with one attached hydrogen (secondary N) is 1. The number of Topliss-reactive ketones (excluding diaryl/α,β-unsaturated/α-hetero) is 1. The number of rotatable bonds is 6. The van der Waals surface area contributed by atoms with Crippen molar-refractivity contribution in [3.8, 4) is 6.07 Å². The molecule has 2 rings (SSSR count). The van der Waals surface area contributed by atoms with Gasteiger partial charge in [-0.2, -0.15) is 5.26 Å². The van der Waals surface area contributed by atoms with Crippen molar-refractivity contribution in [2.75, 3.05) is 11.9 Å². The Hall–Kier alpha value is -3.47. The van der Waals surface area contributed by atoms with Gasteiger partial charge in [-0.25, -0.2) is 9.18 Å². The van der Waals surface area contributed by atoms with Crippen LogP contribution in [0.2, 0.25) is 0 Å². The molecule has 1 atom stereocenters. The summed E-state index contributed by atoms with van der Waals surface area (Å²) in [6.45, 7) is 5.06. The van der Waals surface area contributed by atoms with Gasteiger partial charge in [-0.1, -0.05) is 0 Å². The SMILES string of the molecule is CCOC(=O)c1c(C)c(C(=O)C(C#N)C(=O)Nc2ccc(F)cc2)n(C)c1C.